The molecule has 88 valence electrons. The second-order valence-electron chi connectivity index (χ2n) is 6.99. The Morgan fingerprint density at radius 1 is 0.800 bits per heavy atom. The molecule has 0 saturated heterocycles. The lowest BCUT2D eigenvalue weighted by molar-refractivity contribution is 0.0818. The van der Waals surface area contributed by atoms with Crippen LogP contribution in [0.3, 0.4) is 0 Å². The lowest BCUT2D eigenvalue weighted by Crippen LogP contribution is -2.34. The maximum Gasteiger partial charge on any atom is -0.0295 e. The molecule has 0 N–H and O–H groups in total. The zero-order valence-corrected chi connectivity index (χ0v) is 11.2. The van der Waals surface area contributed by atoms with Crippen molar-refractivity contribution in [1.29, 1.82) is 0 Å². The highest BCUT2D eigenvalue weighted by Crippen LogP contribution is 2.55. The van der Waals surface area contributed by atoms with Crippen molar-refractivity contribution in [3.8, 4) is 0 Å². The molecule has 2 fully saturated rings. The molecule has 2 saturated carbocycles. The smallest absolute Gasteiger partial charge is 0.0295 e. The average molecular weight is 208 g/mol. The molecule has 0 aromatic carbocycles. The minimum absolute atomic E-state index is 0.575. The van der Waals surface area contributed by atoms with Crippen molar-refractivity contribution in [3.05, 3.63) is 0 Å². The van der Waals surface area contributed by atoms with E-state index in [-0.39, 0.29) is 0 Å². The highest BCUT2D eigenvalue weighted by atomic mass is 14.5. The van der Waals surface area contributed by atoms with Crippen LogP contribution in [0.5, 0.6) is 0 Å². The fourth-order valence-electron chi connectivity index (χ4n) is 4.45. The van der Waals surface area contributed by atoms with Gasteiger partial charge in [0.2, 0.25) is 0 Å². The fourth-order valence-corrected chi connectivity index (χ4v) is 4.45. The monoisotopic (exact) mass is 208 g/mol. The molecule has 5 atom stereocenters. The van der Waals surface area contributed by atoms with E-state index in [2.05, 4.69) is 34.6 Å². The van der Waals surface area contributed by atoms with E-state index in [9.17, 15) is 0 Å². The molecule has 2 aliphatic carbocycles. The lowest BCUT2D eigenvalue weighted by atomic mass is 9.65. The van der Waals surface area contributed by atoms with Gasteiger partial charge in [0.15, 0.2) is 0 Å². The third-order valence-corrected chi connectivity index (χ3v) is 6.12. The molecule has 0 radical (unpaired) electrons. The molecule has 2 aliphatic rings. The van der Waals surface area contributed by atoms with Crippen molar-refractivity contribution in [2.24, 2.45) is 35.0 Å². The summed E-state index contributed by atoms with van der Waals surface area (Å²) in [4.78, 5) is 0. The van der Waals surface area contributed by atoms with Crippen LogP contribution in [-0.2, 0) is 0 Å². The summed E-state index contributed by atoms with van der Waals surface area (Å²) in [7, 11) is 0. The first-order valence-corrected chi connectivity index (χ1v) is 6.94. The summed E-state index contributed by atoms with van der Waals surface area (Å²) >= 11 is 0. The van der Waals surface area contributed by atoms with E-state index in [1.807, 2.05) is 0 Å². The number of fused-ring (bicyclic) bond motifs is 1. The van der Waals surface area contributed by atoms with Crippen LogP contribution < -0.4 is 0 Å². The SMILES string of the molecule is C[C@@H]1CC[C@@H]2C1CC[C@@H](C)[C@H](C)C2(C)C. The van der Waals surface area contributed by atoms with Crippen LogP contribution in [0.25, 0.3) is 0 Å². The molecular formula is C15H28. The van der Waals surface area contributed by atoms with Gasteiger partial charge in [0.1, 0.15) is 0 Å². The summed E-state index contributed by atoms with van der Waals surface area (Å²) in [6, 6.07) is 0. The average Bonchev–Trinajstić information content (AvgIpc) is 2.51. The Morgan fingerprint density at radius 2 is 1.40 bits per heavy atom. The molecule has 1 unspecified atom stereocenters. The summed E-state index contributed by atoms with van der Waals surface area (Å²) in [5.74, 6) is 4.86. The molecule has 0 aromatic rings. The molecule has 0 spiro atoms. The Hall–Kier alpha value is 0. The van der Waals surface area contributed by atoms with Gasteiger partial charge in [-0.1, -0.05) is 47.5 Å². The summed E-state index contributed by atoms with van der Waals surface area (Å²) < 4.78 is 0. The second-order valence-corrected chi connectivity index (χ2v) is 6.99. The molecule has 15 heavy (non-hydrogen) atoms. The first-order chi connectivity index (χ1) is 6.94. The van der Waals surface area contributed by atoms with E-state index in [1.165, 1.54) is 25.7 Å². The lowest BCUT2D eigenvalue weighted by Gasteiger charge is -2.40. The Morgan fingerprint density at radius 3 is 2.07 bits per heavy atom. The van der Waals surface area contributed by atoms with E-state index >= 15 is 0 Å². The van der Waals surface area contributed by atoms with Gasteiger partial charge in [0.25, 0.3) is 0 Å². The van der Waals surface area contributed by atoms with Gasteiger partial charge in [-0.15, -0.1) is 0 Å². The number of hydrogen-bond donors (Lipinski definition) is 0. The van der Waals surface area contributed by atoms with Crippen molar-refractivity contribution in [2.75, 3.05) is 0 Å². The molecule has 0 aliphatic heterocycles. The van der Waals surface area contributed by atoms with Crippen molar-refractivity contribution >= 4 is 0 Å². The van der Waals surface area contributed by atoms with Crippen LogP contribution in [0.2, 0.25) is 0 Å². The Balaban J connectivity index is 2.26. The molecule has 0 nitrogen and oxygen atoms in total. The van der Waals surface area contributed by atoms with Crippen LogP contribution >= 0.6 is 0 Å². The van der Waals surface area contributed by atoms with Crippen molar-refractivity contribution in [3.63, 3.8) is 0 Å². The molecule has 0 heterocycles. The molecule has 0 aromatic heterocycles. The molecule has 2 rings (SSSR count). The zero-order valence-electron chi connectivity index (χ0n) is 11.2. The third-order valence-electron chi connectivity index (χ3n) is 6.12. The predicted molar refractivity (Wildman–Crippen MR) is 66.7 cm³/mol. The maximum atomic E-state index is 2.54. The Bertz CT molecular complexity index is 228. The van der Waals surface area contributed by atoms with Gasteiger partial charge in [0.05, 0.1) is 0 Å². The van der Waals surface area contributed by atoms with Crippen LogP contribution in [0, 0.1) is 35.0 Å². The topological polar surface area (TPSA) is 0 Å². The van der Waals surface area contributed by atoms with Crippen LogP contribution in [-0.4, -0.2) is 0 Å². The Kier molecular flexibility index (Phi) is 2.90. The minimum Gasteiger partial charge on any atom is -0.0622 e. The predicted octanol–water partition coefficient (Wildman–Crippen LogP) is 4.74. The summed E-state index contributed by atoms with van der Waals surface area (Å²) in [5, 5.41) is 0. The van der Waals surface area contributed by atoms with E-state index in [4.69, 9.17) is 0 Å². The van der Waals surface area contributed by atoms with Crippen molar-refractivity contribution in [1.82, 2.24) is 0 Å². The standard InChI is InChI=1S/C15H28/c1-10-6-8-13-11(2)7-9-14(13)15(4,5)12(10)3/h10-14H,6-9H2,1-5H3/t10-,11-,12+,13?,14-/m1/s1. The molecule has 0 amide bonds. The van der Waals surface area contributed by atoms with Crippen LogP contribution in [0.4, 0.5) is 0 Å². The highest BCUT2D eigenvalue weighted by molar-refractivity contribution is 4.96. The third kappa shape index (κ3) is 1.74. The van der Waals surface area contributed by atoms with E-state index < -0.39 is 0 Å². The summed E-state index contributed by atoms with van der Waals surface area (Å²) in [6.07, 6.45) is 5.95. The van der Waals surface area contributed by atoms with Crippen LogP contribution in [0.1, 0.15) is 60.3 Å². The minimum atomic E-state index is 0.575. The zero-order chi connectivity index (χ0) is 11.2. The number of hydrogen-bond acceptors (Lipinski definition) is 0. The Labute approximate surface area is 95.8 Å². The second kappa shape index (κ2) is 3.79. The highest BCUT2D eigenvalue weighted by Gasteiger charge is 2.47. The summed E-state index contributed by atoms with van der Waals surface area (Å²) in [5.41, 5.74) is 0.575. The van der Waals surface area contributed by atoms with Gasteiger partial charge < -0.3 is 0 Å². The largest absolute Gasteiger partial charge is 0.0622 e. The molecule has 0 heteroatoms. The molecule has 0 bridgehead atoms. The van der Waals surface area contributed by atoms with Gasteiger partial charge in [-0.25, -0.2) is 0 Å². The van der Waals surface area contributed by atoms with Gasteiger partial charge >= 0.3 is 0 Å². The van der Waals surface area contributed by atoms with Crippen LogP contribution in [0.15, 0.2) is 0 Å². The summed E-state index contributed by atoms with van der Waals surface area (Å²) in [6.45, 7) is 12.5. The first kappa shape index (κ1) is 11.5. The first-order valence-electron chi connectivity index (χ1n) is 6.94. The van der Waals surface area contributed by atoms with Gasteiger partial charge in [-0.3, -0.25) is 0 Å². The maximum absolute atomic E-state index is 2.54. The van der Waals surface area contributed by atoms with Crippen molar-refractivity contribution in [2.45, 2.75) is 60.3 Å². The number of rotatable bonds is 0. The van der Waals surface area contributed by atoms with Crippen molar-refractivity contribution < 1.29 is 0 Å². The normalized spacial score (nSPS) is 49.8. The quantitative estimate of drug-likeness (QED) is 0.539. The van der Waals surface area contributed by atoms with E-state index in [0.717, 1.165) is 29.6 Å². The van der Waals surface area contributed by atoms with Gasteiger partial charge in [-0.05, 0) is 47.8 Å². The van der Waals surface area contributed by atoms with Gasteiger partial charge in [0, 0.05) is 0 Å². The van der Waals surface area contributed by atoms with E-state index in [0.29, 0.717) is 5.41 Å². The van der Waals surface area contributed by atoms with Gasteiger partial charge in [-0.2, -0.15) is 0 Å². The molecular weight excluding hydrogens is 180 g/mol. The van der Waals surface area contributed by atoms with E-state index in [1.54, 1.807) is 0 Å². The fraction of sp³-hybridized carbons (Fsp3) is 1.00.